The van der Waals surface area contributed by atoms with Crippen molar-refractivity contribution in [2.45, 2.75) is 38.0 Å². The molecule has 0 spiro atoms. The van der Waals surface area contributed by atoms with Crippen LogP contribution >= 0.6 is 11.8 Å². The number of aliphatic carboxylic acids is 1. The number of hydrogen-bond acceptors (Lipinski definition) is 5. The molecule has 2 saturated heterocycles. The zero-order valence-corrected chi connectivity index (χ0v) is 12.5. The third kappa shape index (κ3) is 1.54. The number of thioether (sulfide) groups is 1. The average Bonchev–Trinajstić information content (AvgIpc) is 3.04. The van der Waals surface area contributed by atoms with E-state index < -0.39 is 23.0 Å². The van der Waals surface area contributed by atoms with Crippen molar-refractivity contribution in [1.82, 2.24) is 4.90 Å². The van der Waals surface area contributed by atoms with Gasteiger partial charge in [-0.2, -0.15) is 0 Å². The highest BCUT2D eigenvalue weighted by molar-refractivity contribution is 7.99. The van der Waals surface area contributed by atoms with Crippen molar-refractivity contribution >= 4 is 23.6 Å². The van der Waals surface area contributed by atoms with Gasteiger partial charge in [0.2, 0.25) is 5.91 Å². The Hall–Kier alpha value is -0.790. The molecular weight excluding hydrogens is 280 g/mol. The average molecular weight is 300 g/mol. The van der Waals surface area contributed by atoms with Crippen LogP contribution in [-0.4, -0.2) is 57.8 Å². The minimum atomic E-state index is -1.01. The number of fused-ring (bicyclic) bond motifs is 1. The molecule has 3 N–H and O–H groups in total. The van der Waals surface area contributed by atoms with Crippen LogP contribution in [0, 0.1) is 11.3 Å². The standard InChI is InChI=1S/C13H20N2O4S/c1-12(2)9-7(3-4-19-9)13(12,14)11(18)15-6-20-5-8(15)10(16)17/h7-9H,3-6,14H2,1-2H3,(H,16,17). The molecule has 3 aliphatic rings. The molecule has 2 aliphatic heterocycles. The zero-order chi connectivity index (χ0) is 14.7. The van der Waals surface area contributed by atoms with E-state index in [2.05, 4.69) is 0 Å². The van der Waals surface area contributed by atoms with Crippen molar-refractivity contribution in [1.29, 1.82) is 0 Å². The number of carboxylic acids is 1. The van der Waals surface area contributed by atoms with E-state index in [1.165, 1.54) is 16.7 Å². The van der Waals surface area contributed by atoms with E-state index in [4.69, 9.17) is 10.5 Å². The quantitative estimate of drug-likeness (QED) is 0.752. The lowest BCUT2D eigenvalue weighted by Gasteiger charge is -2.61. The molecule has 6 nitrogen and oxygen atoms in total. The molecule has 0 aromatic heterocycles. The maximum atomic E-state index is 12.9. The van der Waals surface area contributed by atoms with Gasteiger partial charge in [0.05, 0.1) is 12.0 Å². The molecule has 20 heavy (non-hydrogen) atoms. The molecule has 0 radical (unpaired) electrons. The smallest absolute Gasteiger partial charge is 0.327 e. The van der Waals surface area contributed by atoms with Crippen LogP contribution in [0.25, 0.3) is 0 Å². The molecular formula is C13H20N2O4S. The molecule has 1 amide bonds. The number of ether oxygens (including phenoxy) is 1. The number of nitrogens with two attached hydrogens (primary N) is 1. The zero-order valence-electron chi connectivity index (χ0n) is 11.7. The topological polar surface area (TPSA) is 92.9 Å². The van der Waals surface area contributed by atoms with Crippen molar-refractivity contribution in [2.24, 2.45) is 17.1 Å². The molecule has 112 valence electrons. The van der Waals surface area contributed by atoms with Crippen LogP contribution < -0.4 is 5.73 Å². The fourth-order valence-electron chi connectivity index (χ4n) is 3.90. The molecule has 1 aliphatic carbocycles. The summed E-state index contributed by atoms with van der Waals surface area (Å²) in [4.78, 5) is 25.6. The summed E-state index contributed by atoms with van der Waals surface area (Å²) in [6, 6.07) is -0.759. The summed E-state index contributed by atoms with van der Waals surface area (Å²) in [6.07, 6.45) is 0.782. The Bertz CT molecular complexity index is 469. The number of rotatable bonds is 2. The summed E-state index contributed by atoms with van der Waals surface area (Å²) in [7, 11) is 0. The third-order valence-corrected chi connectivity index (χ3v) is 6.25. The van der Waals surface area contributed by atoms with Gasteiger partial charge in [0.25, 0.3) is 0 Å². The second kappa shape index (κ2) is 4.35. The van der Waals surface area contributed by atoms with Crippen LogP contribution in [0.4, 0.5) is 0 Å². The van der Waals surface area contributed by atoms with Crippen molar-refractivity contribution in [3.05, 3.63) is 0 Å². The molecule has 2 heterocycles. The van der Waals surface area contributed by atoms with Crippen molar-refractivity contribution in [3.8, 4) is 0 Å². The first-order valence-corrected chi connectivity index (χ1v) is 7.99. The number of hydrogen-bond donors (Lipinski definition) is 2. The normalized spacial score (nSPS) is 42.1. The van der Waals surface area contributed by atoms with E-state index in [9.17, 15) is 14.7 Å². The van der Waals surface area contributed by atoms with Crippen LogP contribution in [0.15, 0.2) is 0 Å². The lowest BCUT2D eigenvalue weighted by Crippen LogP contribution is -2.80. The fraction of sp³-hybridized carbons (Fsp3) is 0.846. The van der Waals surface area contributed by atoms with E-state index in [-0.39, 0.29) is 17.9 Å². The van der Waals surface area contributed by atoms with Gasteiger partial charge < -0.3 is 20.5 Å². The Balaban J connectivity index is 1.88. The monoisotopic (exact) mass is 300 g/mol. The highest BCUT2D eigenvalue weighted by Crippen LogP contribution is 2.59. The second-order valence-electron chi connectivity index (χ2n) is 6.41. The Morgan fingerprint density at radius 1 is 1.45 bits per heavy atom. The Morgan fingerprint density at radius 3 is 2.80 bits per heavy atom. The summed E-state index contributed by atoms with van der Waals surface area (Å²) in [5, 5.41) is 9.23. The molecule has 3 fully saturated rings. The predicted octanol–water partition coefficient (Wildman–Crippen LogP) is 0.115. The summed E-state index contributed by atoms with van der Waals surface area (Å²) >= 11 is 1.46. The summed E-state index contributed by atoms with van der Waals surface area (Å²) in [5.74, 6) is -0.342. The SMILES string of the molecule is CC1(C)C2OCCC2C1(N)C(=O)N1CSCC1C(=O)O. The van der Waals surface area contributed by atoms with Crippen molar-refractivity contribution in [2.75, 3.05) is 18.2 Å². The largest absolute Gasteiger partial charge is 0.480 e. The first kappa shape index (κ1) is 14.2. The molecule has 7 heteroatoms. The third-order valence-electron chi connectivity index (χ3n) is 5.24. The molecule has 4 atom stereocenters. The van der Waals surface area contributed by atoms with Crippen LogP contribution in [-0.2, 0) is 14.3 Å². The molecule has 0 aromatic carbocycles. The number of nitrogens with zero attached hydrogens (tertiary/aromatic N) is 1. The first-order valence-electron chi connectivity index (χ1n) is 6.84. The second-order valence-corrected chi connectivity index (χ2v) is 7.41. The molecule has 4 unspecified atom stereocenters. The Morgan fingerprint density at radius 2 is 2.15 bits per heavy atom. The first-order chi connectivity index (χ1) is 9.31. The van der Waals surface area contributed by atoms with Gasteiger partial charge in [-0.1, -0.05) is 13.8 Å². The maximum Gasteiger partial charge on any atom is 0.327 e. The van der Waals surface area contributed by atoms with Gasteiger partial charge in [-0.15, -0.1) is 11.8 Å². The Labute approximate surface area is 122 Å². The lowest BCUT2D eigenvalue weighted by atomic mass is 9.47. The molecule has 0 bridgehead atoms. The Kier molecular flexibility index (Phi) is 3.08. The summed E-state index contributed by atoms with van der Waals surface area (Å²) < 4.78 is 5.68. The van der Waals surface area contributed by atoms with Crippen LogP contribution in [0.3, 0.4) is 0 Å². The number of carboxylic acid groups (broad SMARTS) is 1. The molecule has 1 saturated carbocycles. The van der Waals surface area contributed by atoms with Crippen LogP contribution in [0.2, 0.25) is 0 Å². The van der Waals surface area contributed by atoms with Gasteiger partial charge in [0, 0.05) is 23.7 Å². The number of amides is 1. The number of carbonyl (C=O) groups is 2. The number of carbonyl (C=O) groups excluding carboxylic acids is 1. The maximum absolute atomic E-state index is 12.9. The highest BCUT2D eigenvalue weighted by atomic mass is 32.2. The van der Waals surface area contributed by atoms with Gasteiger partial charge in [-0.3, -0.25) is 4.79 Å². The van der Waals surface area contributed by atoms with Crippen LogP contribution in [0.5, 0.6) is 0 Å². The van der Waals surface area contributed by atoms with E-state index in [0.717, 1.165) is 6.42 Å². The van der Waals surface area contributed by atoms with Gasteiger partial charge in [-0.05, 0) is 6.42 Å². The van der Waals surface area contributed by atoms with Crippen molar-refractivity contribution < 1.29 is 19.4 Å². The van der Waals surface area contributed by atoms with Gasteiger partial charge in [0.15, 0.2) is 0 Å². The van der Waals surface area contributed by atoms with E-state index >= 15 is 0 Å². The minimum Gasteiger partial charge on any atom is -0.480 e. The lowest BCUT2D eigenvalue weighted by molar-refractivity contribution is -0.186. The molecule has 0 aromatic rings. The van der Waals surface area contributed by atoms with E-state index in [0.29, 0.717) is 18.2 Å². The summed E-state index contributed by atoms with van der Waals surface area (Å²) in [5.41, 5.74) is 5.01. The van der Waals surface area contributed by atoms with Crippen LogP contribution in [0.1, 0.15) is 20.3 Å². The minimum absolute atomic E-state index is 0.00467. The predicted molar refractivity (Wildman–Crippen MR) is 74.1 cm³/mol. The van der Waals surface area contributed by atoms with E-state index in [1.807, 2.05) is 13.8 Å². The molecule has 3 rings (SSSR count). The highest BCUT2D eigenvalue weighted by Gasteiger charge is 2.72. The van der Waals surface area contributed by atoms with Gasteiger partial charge in [0.1, 0.15) is 11.6 Å². The van der Waals surface area contributed by atoms with Gasteiger partial charge in [-0.25, -0.2) is 4.79 Å². The van der Waals surface area contributed by atoms with Gasteiger partial charge >= 0.3 is 5.97 Å². The fourth-order valence-corrected chi connectivity index (χ4v) is 5.05. The van der Waals surface area contributed by atoms with Crippen molar-refractivity contribution in [3.63, 3.8) is 0 Å². The van der Waals surface area contributed by atoms with E-state index in [1.54, 1.807) is 0 Å². The summed E-state index contributed by atoms with van der Waals surface area (Å²) in [6.45, 7) is 4.51.